The molecule has 2 N–H and O–H groups in total. The zero-order chi connectivity index (χ0) is 12.8. The summed E-state index contributed by atoms with van der Waals surface area (Å²) in [6, 6.07) is 0. The van der Waals surface area contributed by atoms with Crippen molar-refractivity contribution in [2.45, 2.75) is 32.1 Å². The third kappa shape index (κ3) is 5.38. The molecule has 2 rings (SSSR count). The van der Waals surface area contributed by atoms with Gasteiger partial charge in [0.25, 0.3) is 0 Å². The number of nitrogens with zero attached hydrogens (tertiary/aromatic N) is 4. The predicted octanol–water partition coefficient (Wildman–Crippen LogP) is 1.77. The van der Waals surface area contributed by atoms with E-state index in [1.807, 2.05) is 24.1 Å². The van der Waals surface area contributed by atoms with Gasteiger partial charge >= 0.3 is 0 Å². The van der Waals surface area contributed by atoms with E-state index < -0.39 is 0 Å². The topological polar surface area (TPSA) is 59.4 Å². The summed E-state index contributed by atoms with van der Waals surface area (Å²) >= 11 is 0. The maximum Gasteiger partial charge on any atom is 0.191 e. The van der Waals surface area contributed by atoms with E-state index in [0.29, 0.717) is 5.96 Å². The van der Waals surface area contributed by atoms with Crippen molar-refractivity contribution in [1.82, 2.24) is 14.7 Å². The normalized spacial score (nSPS) is 16.9. The van der Waals surface area contributed by atoms with Crippen LogP contribution in [-0.2, 0) is 13.5 Å². The second-order valence-corrected chi connectivity index (χ2v) is 4.91. The number of halogens is 1. The zero-order valence-electron chi connectivity index (χ0n) is 11.6. The van der Waals surface area contributed by atoms with E-state index in [-0.39, 0.29) is 24.0 Å². The van der Waals surface area contributed by atoms with Gasteiger partial charge in [0, 0.05) is 32.9 Å². The smallest absolute Gasteiger partial charge is 0.191 e. The van der Waals surface area contributed by atoms with Crippen molar-refractivity contribution in [1.29, 1.82) is 0 Å². The number of guanidine groups is 1. The maximum atomic E-state index is 6.04. The van der Waals surface area contributed by atoms with Gasteiger partial charge < -0.3 is 10.6 Å². The number of hydrogen-bond acceptors (Lipinski definition) is 2. The van der Waals surface area contributed by atoms with Gasteiger partial charge in [-0.2, -0.15) is 5.10 Å². The molecule has 5 nitrogen and oxygen atoms in total. The lowest BCUT2D eigenvalue weighted by Gasteiger charge is -2.20. The average molecular weight is 377 g/mol. The van der Waals surface area contributed by atoms with Crippen LogP contribution in [0.2, 0.25) is 0 Å². The predicted molar refractivity (Wildman–Crippen MR) is 88.9 cm³/mol. The number of aromatic nitrogens is 2. The Kier molecular flexibility index (Phi) is 7.19. The fourth-order valence-electron chi connectivity index (χ4n) is 2.30. The number of hydrogen-bond donors (Lipinski definition) is 1. The lowest BCUT2D eigenvalue weighted by atomic mass is 10.2. The molecule has 0 aromatic carbocycles. The monoisotopic (exact) mass is 377 g/mol. The molecule has 0 radical (unpaired) electrons. The van der Waals surface area contributed by atoms with Crippen LogP contribution >= 0.6 is 24.0 Å². The number of aliphatic imine (C=N–C) groups is 1. The Bertz CT molecular complexity index is 393. The van der Waals surface area contributed by atoms with Crippen LogP contribution in [0, 0.1) is 0 Å². The average Bonchev–Trinajstić information content (AvgIpc) is 2.63. The fraction of sp³-hybridized carbons (Fsp3) is 0.692. The molecule has 2 heterocycles. The molecule has 1 aliphatic heterocycles. The number of likely N-dealkylation sites (tertiary alicyclic amines) is 1. The van der Waals surface area contributed by atoms with Crippen molar-refractivity contribution in [2.24, 2.45) is 17.8 Å². The molecule has 0 atom stereocenters. The van der Waals surface area contributed by atoms with Crippen molar-refractivity contribution < 1.29 is 0 Å². The van der Waals surface area contributed by atoms with Crippen molar-refractivity contribution in [3.63, 3.8) is 0 Å². The van der Waals surface area contributed by atoms with E-state index in [2.05, 4.69) is 15.0 Å². The molecule has 0 amide bonds. The summed E-state index contributed by atoms with van der Waals surface area (Å²) < 4.78 is 1.82. The van der Waals surface area contributed by atoms with Gasteiger partial charge in [0.05, 0.1) is 6.20 Å². The first-order chi connectivity index (χ1) is 8.75. The van der Waals surface area contributed by atoms with Gasteiger partial charge in [0.15, 0.2) is 5.96 Å². The van der Waals surface area contributed by atoms with Crippen LogP contribution in [0.1, 0.15) is 31.2 Å². The Balaban J connectivity index is 0.00000180. The molecule has 108 valence electrons. The summed E-state index contributed by atoms with van der Waals surface area (Å²) in [7, 11) is 1.93. The summed E-state index contributed by atoms with van der Waals surface area (Å²) in [5.74, 6) is 0.709. The Morgan fingerprint density at radius 2 is 2.00 bits per heavy atom. The van der Waals surface area contributed by atoms with Crippen LogP contribution in [0.3, 0.4) is 0 Å². The summed E-state index contributed by atoms with van der Waals surface area (Å²) in [4.78, 5) is 6.70. The summed E-state index contributed by atoms with van der Waals surface area (Å²) in [5, 5.41) is 4.14. The minimum absolute atomic E-state index is 0. The minimum Gasteiger partial charge on any atom is -0.370 e. The Morgan fingerprint density at radius 3 is 2.58 bits per heavy atom. The molecule has 1 aromatic heterocycles. The molecule has 1 fully saturated rings. The van der Waals surface area contributed by atoms with E-state index in [9.17, 15) is 0 Å². The van der Waals surface area contributed by atoms with Gasteiger partial charge in [-0.3, -0.25) is 9.67 Å². The fourth-order valence-corrected chi connectivity index (χ4v) is 2.30. The standard InChI is InChI=1S/C13H23N5.HI/c1-17-11-12(10-16-17)6-7-15-13(14)18-8-4-2-3-5-9-18;/h10-11H,2-9H2,1H3,(H2,14,15);1H. The SMILES string of the molecule is Cn1cc(CCN=C(N)N2CCCCCC2)cn1.I. The largest absolute Gasteiger partial charge is 0.370 e. The lowest BCUT2D eigenvalue weighted by Crippen LogP contribution is -2.38. The third-order valence-electron chi connectivity index (χ3n) is 3.36. The van der Waals surface area contributed by atoms with Crippen LogP contribution in [-0.4, -0.2) is 40.3 Å². The molecule has 1 aromatic rings. The Morgan fingerprint density at radius 1 is 1.32 bits per heavy atom. The first kappa shape index (κ1) is 16.3. The van der Waals surface area contributed by atoms with Crippen LogP contribution in [0.5, 0.6) is 0 Å². The van der Waals surface area contributed by atoms with Crippen molar-refractivity contribution >= 4 is 29.9 Å². The van der Waals surface area contributed by atoms with Gasteiger partial charge in [-0.1, -0.05) is 12.8 Å². The lowest BCUT2D eigenvalue weighted by molar-refractivity contribution is 0.428. The van der Waals surface area contributed by atoms with Gasteiger partial charge in [0.1, 0.15) is 0 Å². The second kappa shape index (κ2) is 8.39. The summed E-state index contributed by atoms with van der Waals surface area (Å²) in [6.45, 7) is 2.86. The molecular weight excluding hydrogens is 353 g/mol. The van der Waals surface area contributed by atoms with Crippen LogP contribution in [0.4, 0.5) is 0 Å². The molecule has 0 bridgehead atoms. The molecule has 0 unspecified atom stereocenters. The van der Waals surface area contributed by atoms with E-state index in [1.165, 1.54) is 31.2 Å². The first-order valence-electron chi connectivity index (χ1n) is 6.78. The zero-order valence-corrected chi connectivity index (χ0v) is 13.9. The highest BCUT2D eigenvalue weighted by atomic mass is 127. The molecule has 0 saturated carbocycles. The van der Waals surface area contributed by atoms with Crippen LogP contribution in [0.15, 0.2) is 17.4 Å². The number of rotatable bonds is 3. The highest BCUT2D eigenvalue weighted by molar-refractivity contribution is 14.0. The van der Waals surface area contributed by atoms with Crippen molar-refractivity contribution in [3.05, 3.63) is 18.0 Å². The van der Waals surface area contributed by atoms with Gasteiger partial charge in [-0.05, 0) is 24.8 Å². The van der Waals surface area contributed by atoms with E-state index >= 15 is 0 Å². The van der Waals surface area contributed by atoms with Crippen LogP contribution < -0.4 is 5.73 Å². The summed E-state index contributed by atoms with van der Waals surface area (Å²) in [5.41, 5.74) is 7.26. The number of aryl methyl sites for hydroxylation is 1. The van der Waals surface area contributed by atoms with E-state index in [1.54, 1.807) is 0 Å². The summed E-state index contributed by atoms with van der Waals surface area (Å²) in [6.07, 6.45) is 9.92. The second-order valence-electron chi connectivity index (χ2n) is 4.91. The molecule has 6 heteroatoms. The highest BCUT2D eigenvalue weighted by Gasteiger charge is 2.10. The van der Waals surface area contributed by atoms with E-state index in [4.69, 9.17) is 5.73 Å². The van der Waals surface area contributed by atoms with Gasteiger partial charge in [-0.15, -0.1) is 24.0 Å². The van der Waals surface area contributed by atoms with Gasteiger partial charge in [-0.25, -0.2) is 0 Å². The van der Waals surface area contributed by atoms with Gasteiger partial charge in [0.2, 0.25) is 0 Å². The molecule has 0 aliphatic carbocycles. The molecule has 1 aliphatic rings. The van der Waals surface area contributed by atoms with E-state index in [0.717, 1.165) is 26.1 Å². The molecule has 19 heavy (non-hydrogen) atoms. The Labute approximate surface area is 132 Å². The van der Waals surface area contributed by atoms with Crippen molar-refractivity contribution in [3.8, 4) is 0 Å². The molecular formula is C13H24IN5. The third-order valence-corrected chi connectivity index (χ3v) is 3.36. The molecule has 1 saturated heterocycles. The molecule has 0 spiro atoms. The number of nitrogens with two attached hydrogens (primary N) is 1. The Hall–Kier alpha value is -0.790. The minimum atomic E-state index is 0. The highest BCUT2D eigenvalue weighted by Crippen LogP contribution is 2.09. The maximum absolute atomic E-state index is 6.04. The van der Waals surface area contributed by atoms with Crippen molar-refractivity contribution in [2.75, 3.05) is 19.6 Å². The van der Waals surface area contributed by atoms with Crippen LogP contribution in [0.25, 0.3) is 0 Å². The quantitative estimate of drug-likeness (QED) is 0.496. The first-order valence-corrected chi connectivity index (χ1v) is 6.78.